The molecule has 2 radical (unpaired) electrons. The van der Waals surface area contributed by atoms with Crippen LogP contribution in [0.2, 0.25) is 0 Å². The molecule has 2 nitrogen and oxygen atoms in total. The minimum absolute atomic E-state index is 0.847. The molecule has 0 aromatic heterocycles. The first-order chi connectivity index (χ1) is 4.77. The van der Waals surface area contributed by atoms with Gasteiger partial charge in [-0.3, -0.25) is 0 Å². The normalized spacial score (nSPS) is 42.5. The molecule has 0 amide bonds. The molecule has 0 aromatic rings. The SMILES string of the molecule is [B]N1CCC2C(C1)CN2C. The van der Waals surface area contributed by atoms with Crippen molar-refractivity contribution >= 4 is 7.98 Å². The first-order valence-electron chi connectivity index (χ1n) is 3.97. The fourth-order valence-corrected chi connectivity index (χ4v) is 2.17. The number of piperidine rings is 1. The zero-order valence-corrected chi connectivity index (χ0v) is 6.45. The summed E-state index contributed by atoms with van der Waals surface area (Å²) in [4.78, 5) is 4.38. The lowest BCUT2D eigenvalue weighted by Crippen LogP contribution is -2.61. The molecule has 0 N–H and O–H groups in total. The summed E-state index contributed by atoms with van der Waals surface area (Å²) in [5, 5.41) is 0. The lowest BCUT2D eigenvalue weighted by molar-refractivity contribution is -0.00331. The van der Waals surface area contributed by atoms with Gasteiger partial charge in [0.25, 0.3) is 0 Å². The highest BCUT2D eigenvalue weighted by atomic mass is 15.2. The van der Waals surface area contributed by atoms with E-state index >= 15 is 0 Å². The summed E-state index contributed by atoms with van der Waals surface area (Å²) in [6.07, 6.45) is 1.26. The molecule has 0 bridgehead atoms. The highest BCUT2D eigenvalue weighted by molar-refractivity contribution is 6.04. The van der Waals surface area contributed by atoms with Gasteiger partial charge in [0.05, 0.1) is 0 Å². The molecule has 0 aliphatic carbocycles. The lowest BCUT2D eigenvalue weighted by atomic mass is 9.82. The van der Waals surface area contributed by atoms with Gasteiger partial charge < -0.3 is 9.71 Å². The van der Waals surface area contributed by atoms with Crippen LogP contribution in [-0.4, -0.2) is 50.4 Å². The fraction of sp³-hybridized carbons (Fsp3) is 1.00. The topological polar surface area (TPSA) is 6.48 Å². The molecule has 2 fully saturated rings. The minimum Gasteiger partial charge on any atom is -0.353 e. The molecule has 2 aliphatic rings. The maximum absolute atomic E-state index is 5.68. The molecule has 2 atom stereocenters. The van der Waals surface area contributed by atoms with E-state index in [1.54, 1.807) is 0 Å². The monoisotopic (exact) mass is 136 g/mol. The van der Waals surface area contributed by atoms with Gasteiger partial charge in [0.15, 0.2) is 7.98 Å². The molecular weight excluding hydrogens is 123 g/mol. The van der Waals surface area contributed by atoms with Gasteiger partial charge in [-0.15, -0.1) is 0 Å². The van der Waals surface area contributed by atoms with Gasteiger partial charge in [0.2, 0.25) is 0 Å². The van der Waals surface area contributed by atoms with Crippen LogP contribution in [0.25, 0.3) is 0 Å². The van der Waals surface area contributed by atoms with Gasteiger partial charge >= 0.3 is 0 Å². The minimum atomic E-state index is 0.847. The first-order valence-corrected chi connectivity index (χ1v) is 3.97. The van der Waals surface area contributed by atoms with Gasteiger partial charge in [0, 0.05) is 12.6 Å². The molecule has 3 heteroatoms. The Morgan fingerprint density at radius 2 is 2.20 bits per heavy atom. The van der Waals surface area contributed by atoms with Crippen molar-refractivity contribution in [2.45, 2.75) is 12.5 Å². The van der Waals surface area contributed by atoms with E-state index < -0.39 is 0 Å². The van der Waals surface area contributed by atoms with Crippen molar-refractivity contribution in [3.05, 3.63) is 0 Å². The van der Waals surface area contributed by atoms with E-state index in [4.69, 9.17) is 7.98 Å². The molecule has 2 unspecified atom stereocenters. The summed E-state index contributed by atoms with van der Waals surface area (Å²) in [5.74, 6) is 0.865. The van der Waals surface area contributed by atoms with Crippen LogP contribution in [0.1, 0.15) is 6.42 Å². The maximum atomic E-state index is 5.68. The molecule has 2 aliphatic heterocycles. The van der Waals surface area contributed by atoms with Crippen molar-refractivity contribution < 1.29 is 0 Å². The van der Waals surface area contributed by atoms with E-state index in [9.17, 15) is 0 Å². The van der Waals surface area contributed by atoms with Crippen LogP contribution in [0.5, 0.6) is 0 Å². The van der Waals surface area contributed by atoms with Crippen LogP contribution >= 0.6 is 0 Å². The van der Waals surface area contributed by atoms with Crippen molar-refractivity contribution in [3.63, 3.8) is 0 Å². The lowest BCUT2D eigenvalue weighted by Gasteiger charge is -2.51. The Morgan fingerprint density at radius 1 is 1.40 bits per heavy atom. The zero-order chi connectivity index (χ0) is 7.14. The van der Waals surface area contributed by atoms with E-state index in [1.807, 2.05) is 4.81 Å². The van der Waals surface area contributed by atoms with Gasteiger partial charge in [-0.25, -0.2) is 0 Å². The predicted octanol–water partition coefficient (Wildman–Crippen LogP) is -0.294. The predicted molar refractivity (Wildman–Crippen MR) is 41.9 cm³/mol. The molecule has 2 rings (SSSR count). The zero-order valence-electron chi connectivity index (χ0n) is 6.45. The number of hydrogen-bond donors (Lipinski definition) is 0. The number of hydrogen-bond acceptors (Lipinski definition) is 2. The number of nitrogens with zero attached hydrogens (tertiary/aromatic N) is 2. The van der Waals surface area contributed by atoms with Crippen LogP contribution < -0.4 is 0 Å². The van der Waals surface area contributed by atoms with E-state index in [-0.39, 0.29) is 0 Å². The van der Waals surface area contributed by atoms with Crippen molar-refractivity contribution in [2.24, 2.45) is 5.92 Å². The van der Waals surface area contributed by atoms with E-state index in [0.29, 0.717) is 0 Å². The summed E-state index contributed by atoms with van der Waals surface area (Å²) >= 11 is 0. The average molecular weight is 136 g/mol. The molecule has 10 heavy (non-hydrogen) atoms. The van der Waals surface area contributed by atoms with Gasteiger partial charge in [-0.05, 0) is 32.5 Å². The number of rotatable bonds is 0. The Morgan fingerprint density at radius 3 is 2.80 bits per heavy atom. The van der Waals surface area contributed by atoms with E-state index in [1.165, 1.54) is 13.0 Å². The largest absolute Gasteiger partial charge is 0.353 e. The highest BCUT2D eigenvalue weighted by Crippen LogP contribution is 2.29. The van der Waals surface area contributed by atoms with E-state index in [2.05, 4.69) is 11.9 Å². The highest BCUT2D eigenvalue weighted by Gasteiger charge is 2.38. The van der Waals surface area contributed by atoms with Crippen LogP contribution in [0.4, 0.5) is 0 Å². The van der Waals surface area contributed by atoms with Crippen LogP contribution in [-0.2, 0) is 0 Å². The Kier molecular flexibility index (Phi) is 1.50. The average Bonchev–Trinajstić information content (AvgIpc) is 1.86. The molecule has 0 aromatic carbocycles. The Hall–Kier alpha value is -0.0151. The van der Waals surface area contributed by atoms with Crippen molar-refractivity contribution in [1.29, 1.82) is 0 Å². The second-order valence-corrected chi connectivity index (χ2v) is 3.55. The number of likely N-dealkylation sites (tertiary alicyclic amines) is 1. The summed E-state index contributed by atoms with van der Waals surface area (Å²) in [6, 6.07) is 0.847. The second kappa shape index (κ2) is 2.24. The maximum Gasteiger partial charge on any atom is 0.182 e. The van der Waals surface area contributed by atoms with Gasteiger partial charge in [0.1, 0.15) is 0 Å². The van der Waals surface area contributed by atoms with Crippen LogP contribution in [0.3, 0.4) is 0 Å². The van der Waals surface area contributed by atoms with E-state index in [0.717, 1.165) is 25.0 Å². The quantitative estimate of drug-likeness (QED) is 0.422. The molecular formula is C7H13BN2. The first kappa shape index (κ1) is 6.68. The summed E-state index contributed by atoms with van der Waals surface area (Å²) in [7, 11) is 7.88. The smallest absolute Gasteiger partial charge is 0.182 e. The molecule has 0 spiro atoms. The third-order valence-corrected chi connectivity index (χ3v) is 2.81. The van der Waals surface area contributed by atoms with Crippen LogP contribution in [0, 0.1) is 5.92 Å². The summed E-state index contributed by atoms with van der Waals surface area (Å²) < 4.78 is 0. The van der Waals surface area contributed by atoms with Crippen molar-refractivity contribution in [1.82, 2.24) is 9.71 Å². The van der Waals surface area contributed by atoms with Gasteiger partial charge in [-0.2, -0.15) is 0 Å². The summed E-state index contributed by atoms with van der Waals surface area (Å²) in [6.45, 7) is 3.43. The number of fused-ring (bicyclic) bond motifs is 1. The Labute approximate surface area is 63.6 Å². The fourth-order valence-electron chi connectivity index (χ4n) is 2.17. The molecule has 2 heterocycles. The summed E-state index contributed by atoms with van der Waals surface area (Å²) in [5.41, 5.74) is 0. The van der Waals surface area contributed by atoms with Crippen molar-refractivity contribution in [2.75, 3.05) is 26.7 Å². The third-order valence-electron chi connectivity index (χ3n) is 2.81. The molecule has 0 saturated carbocycles. The van der Waals surface area contributed by atoms with Gasteiger partial charge in [-0.1, -0.05) is 0 Å². The molecule has 54 valence electrons. The second-order valence-electron chi connectivity index (χ2n) is 3.55. The Balaban J connectivity index is 1.93. The molecule has 2 saturated heterocycles. The van der Waals surface area contributed by atoms with Crippen LogP contribution in [0.15, 0.2) is 0 Å². The third kappa shape index (κ3) is 0.885. The standard InChI is InChI=1S/C7H13BN2/c1-9-4-6-5-10(8)3-2-7(6)9/h6-7H,2-5H2,1H3. The van der Waals surface area contributed by atoms with Crippen molar-refractivity contribution in [3.8, 4) is 0 Å². The Bertz CT molecular complexity index is 138.